The fourth-order valence-electron chi connectivity index (χ4n) is 7.39. The molecule has 1 aromatic carbocycles. The summed E-state index contributed by atoms with van der Waals surface area (Å²) >= 11 is 0. The maximum absolute atomic E-state index is 14.1. The largest absolute Gasteiger partial charge is 0.382 e. The minimum atomic E-state index is -1.87. The fraction of sp³-hybridized carbons (Fsp3) is 0.690. The van der Waals surface area contributed by atoms with Crippen LogP contribution in [-0.2, 0) is 20.6 Å². The molecule has 54 heavy (non-hydrogen) atoms. The lowest BCUT2D eigenvalue weighted by Gasteiger charge is -2.27. The number of nitrogen functional groups attached to an aromatic ring is 1. The lowest BCUT2D eigenvalue weighted by atomic mass is 10.0. The number of aromatic nitrogens is 3. The Balaban J connectivity index is 1.12. The molecular formula is C42H66FN6O4P. The highest BCUT2D eigenvalue weighted by Crippen LogP contribution is 2.39. The van der Waals surface area contributed by atoms with Crippen LogP contribution in [0.2, 0.25) is 0 Å². The van der Waals surface area contributed by atoms with Gasteiger partial charge in [0.2, 0.25) is 0 Å². The first-order valence-electron chi connectivity index (χ1n) is 20.8. The Morgan fingerprint density at radius 1 is 0.963 bits per heavy atom. The molecule has 1 aliphatic rings. The van der Waals surface area contributed by atoms with Crippen LogP contribution in [0, 0.1) is 17.1 Å². The van der Waals surface area contributed by atoms with Gasteiger partial charge in [0.25, 0.3) is 8.53 Å². The minimum Gasteiger partial charge on any atom is -0.382 e. The van der Waals surface area contributed by atoms with Gasteiger partial charge >= 0.3 is 0 Å². The number of fused-ring (bicyclic) bond motifs is 1. The smallest absolute Gasteiger partial charge is 0.255 e. The lowest BCUT2D eigenvalue weighted by Crippen LogP contribution is -2.29. The van der Waals surface area contributed by atoms with E-state index in [4.69, 9.17) is 19.7 Å². The van der Waals surface area contributed by atoms with Crippen molar-refractivity contribution >= 4 is 19.9 Å². The molecule has 4 atom stereocenters. The number of unbranched alkanes of at least 4 members (excludes halogenated alkanes) is 17. The Kier molecular flexibility index (Phi) is 20.7. The molecule has 0 amide bonds. The van der Waals surface area contributed by atoms with Crippen LogP contribution in [-0.4, -0.2) is 56.6 Å². The first-order chi connectivity index (χ1) is 26.4. The van der Waals surface area contributed by atoms with Crippen molar-refractivity contribution in [2.24, 2.45) is 0 Å². The normalized spacial score (nSPS) is 17.0. The molecule has 12 heteroatoms. The van der Waals surface area contributed by atoms with Crippen LogP contribution >= 0.6 is 8.53 Å². The standard InChI is InChI=1S/C42H66FN6O4P/c1-3-4-5-6-7-8-9-10-11-12-13-14-15-16-17-18-19-20-21-37(51-31-35-26-34(29-44)27-36(43)28-35)30-48(2)54(50)52-32-38-22-25-41(53-38)39-23-24-40-42(45)46-33-47-49(39)40/h23-24,26-28,33,37-38,41,50H,3-22,25,30-32H2,1-2H3,(H2,45,46,47). The maximum atomic E-state index is 14.1. The summed E-state index contributed by atoms with van der Waals surface area (Å²) in [6, 6.07) is 10.2. The van der Waals surface area contributed by atoms with Gasteiger partial charge in [0.15, 0.2) is 5.82 Å². The number of ether oxygens (including phenoxy) is 2. The molecule has 4 unspecified atom stereocenters. The second-order valence-electron chi connectivity index (χ2n) is 15.1. The molecule has 0 radical (unpaired) electrons. The number of anilines is 1. The third-order valence-corrected chi connectivity index (χ3v) is 11.7. The van der Waals surface area contributed by atoms with E-state index in [1.165, 1.54) is 121 Å². The summed E-state index contributed by atoms with van der Waals surface area (Å²) in [5, 5.41) is 13.6. The zero-order valence-electron chi connectivity index (χ0n) is 33.0. The number of halogens is 1. The predicted octanol–water partition coefficient (Wildman–Crippen LogP) is 10.7. The van der Waals surface area contributed by atoms with Crippen molar-refractivity contribution in [3.05, 3.63) is 59.3 Å². The molecule has 3 heterocycles. The average Bonchev–Trinajstić information content (AvgIpc) is 3.83. The van der Waals surface area contributed by atoms with E-state index in [0.717, 1.165) is 43.3 Å². The van der Waals surface area contributed by atoms with Crippen LogP contribution in [0.1, 0.15) is 165 Å². The number of hydrogen-bond acceptors (Lipinski definition) is 9. The van der Waals surface area contributed by atoms with E-state index in [1.54, 1.807) is 15.3 Å². The Bertz CT molecular complexity index is 1520. The van der Waals surface area contributed by atoms with Gasteiger partial charge in [-0.2, -0.15) is 10.4 Å². The lowest BCUT2D eigenvalue weighted by molar-refractivity contribution is 0.00822. The number of nitriles is 1. The minimum absolute atomic E-state index is 0.144. The Labute approximate surface area is 324 Å². The quantitative estimate of drug-likeness (QED) is 0.0523. The summed E-state index contributed by atoms with van der Waals surface area (Å²) in [6.07, 6.45) is 27.3. The van der Waals surface area contributed by atoms with Crippen molar-refractivity contribution in [3.63, 3.8) is 0 Å². The van der Waals surface area contributed by atoms with Gasteiger partial charge in [0.05, 0.1) is 42.7 Å². The van der Waals surface area contributed by atoms with Gasteiger partial charge in [-0.25, -0.2) is 18.6 Å². The third-order valence-electron chi connectivity index (χ3n) is 10.5. The zero-order chi connectivity index (χ0) is 38.4. The van der Waals surface area contributed by atoms with Crippen molar-refractivity contribution < 1.29 is 23.3 Å². The van der Waals surface area contributed by atoms with E-state index < -0.39 is 14.3 Å². The van der Waals surface area contributed by atoms with E-state index in [0.29, 0.717) is 17.9 Å². The van der Waals surface area contributed by atoms with Crippen LogP contribution in [0.25, 0.3) is 5.52 Å². The Hall–Kier alpha value is -2.71. The third kappa shape index (κ3) is 15.8. The first kappa shape index (κ1) is 44.0. The average molecular weight is 769 g/mol. The van der Waals surface area contributed by atoms with Crippen molar-refractivity contribution in [3.8, 4) is 6.07 Å². The summed E-state index contributed by atoms with van der Waals surface area (Å²) < 4.78 is 36.2. The van der Waals surface area contributed by atoms with E-state index in [2.05, 4.69) is 17.0 Å². The molecule has 3 aromatic rings. The summed E-state index contributed by atoms with van der Waals surface area (Å²) in [5.74, 6) is -0.0236. The van der Waals surface area contributed by atoms with Gasteiger partial charge < -0.3 is 24.6 Å². The van der Waals surface area contributed by atoms with Crippen molar-refractivity contribution in [1.82, 2.24) is 19.3 Å². The first-order valence-corrected chi connectivity index (χ1v) is 21.9. The van der Waals surface area contributed by atoms with Crippen molar-refractivity contribution in [2.45, 2.75) is 167 Å². The molecule has 3 N–H and O–H groups in total. The van der Waals surface area contributed by atoms with Gasteiger partial charge in [-0.1, -0.05) is 122 Å². The second-order valence-corrected chi connectivity index (χ2v) is 16.6. The number of rotatable bonds is 29. The Morgan fingerprint density at radius 3 is 2.22 bits per heavy atom. The van der Waals surface area contributed by atoms with Crippen LogP contribution in [0.4, 0.5) is 10.2 Å². The molecule has 0 bridgehead atoms. The predicted molar refractivity (Wildman–Crippen MR) is 215 cm³/mol. The van der Waals surface area contributed by atoms with E-state index >= 15 is 0 Å². The van der Waals surface area contributed by atoms with E-state index in [1.807, 2.05) is 25.2 Å². The molecule has 300 valence electrons. The molecule has 4 rings (SSSR count). The van der Waals surface area contributed by atoms with Gasteiger partial charge in [-0.05, 0) is 62.2 Å². The topological polar surface area (TPSA) is 131 Å². The van der Waals surface area contributed by atoms with E-state index in [-0.39, 0.29) is 37.1 Å². The maximum Gasteiger partial charge on any atom is 0.255 e. The second kappa shape index (κ2) is 25.4. The number of nitrogens with two attached hydrogens (primary N) is 1. The highest BCUT2D eigenvalue weighted by atomic mass is 31.2. The van der Waals surface area contributed by atoms with Gasteiger partial charge in [0.1, 0.15) is 23.8 Å². The van der Waals surface area contributed by atoms with Crippen LogP contribution in [0.5, 0.6) is 0 Å². The molecule has 1 aliphatic heterocycles. The summed E-state index contributed by atoms with van der Waals surface area (Å²) in [7, 11) is -0.0369. The number of benzene rings is 1. The summed E-state index contributed by atoms with van der Waals surface area (Å²) in [6.45, 7) is 3.21. The molecule has 0 spiro atoms. The molecule has 10 nitrogen and oxygen atoms in total. The zero-order valence-corrected chi connectivity index (χ0v) is 33.9. The molecule has 2 aromatic heterocycles. The number of nitrogens with zero attached hydrogens (tertiary/aromatic N) is 5. The fourth-order valence-corrected chi connectivity index (χ4v) is 8.21. The van der Waals surface area contributed by atoms with Crippen LogP contribution in [0.15, 0.2) is 36.7 Å². The molecular weight excluding hydrogens is 702 g/mol. The highest BCUT2D eigenvalue weighted by Gasteiger charge is 2.30. The molecule has 1 fully saturated rings. The molecule has 1 saturated heterocycles. The molecule has 0 saturated carbocycles. The van der Waals surface area contributed by atoms with Crippen molar-refractivity contribution in [1.29, 1.82) is 5.26 Å². The van der Waals surface area contributed by atoms with Crippen LogP contribution < -0.4 is 5.73 Å². The van der Waals surface area contributed by atoms with Crippen LogP contribution in [0.3, 0.4) is 0 Å². The van der Waals surface area contributed by atoms with Crippen molar-refractivity contribution in [2.75, 3.05) is 25.9 Å². The molecule has 0 aliphatic carbocycles. The van der Waals surface area contributed by atoms with E-state index in [9.17, 15) is 14.5 Å². The number of hydrogen-bond donors (Lipinski definition) is 2. The monoisotopic (exact) mass is 768 g/mol. The van der Waals surface area contributed by atoms with Gasteiger partial charge in [-0.3, -0.25) is 0 Å². The highest BCUT2D eigenvalue weighted by molar-refractivity contribution is 7.43. The summed E-state index contributed by atoms with van der Waals surface area (Å²) in [4.78, 5) is 15.1. The summed E-state index contributed by atoms with van der Waals surface area (Å²) in [5.41, 5.74) is 8.57. The van der Waals surface area contributed by atoms with Gasteiger partial charge in [-0.15, -0.1) is 0 Å². The van der Waals surface area contributed by atoms with Gasteiger partial charge in [0, 0.05) is 6.54 Å². The number of likely N-dealkylation sites (N-methyl/N-ethyl adjacent to an activating group) is 1. The Morgan fingerprint density at radius 2 is 1.59 bits per heavy atom. The SMILES string of the molecule is CCCCCCCCCCCCCCCCCCCCC(CN(C)P(O)OCC1CCC(c2ccc3c(N)ncnn23)O1)OCc1cc(F)cc(C#N)c1.